The lowest BCUT2D eigenvalue weighted by molar-refractivity contribution is -0.126. The van der Waals surface area contributed by atoms with E-state index in [1.165, 1.54) is 4.31 Å². The maximum Gasteiger partial charge on any atom is 0.243 e. The molecule has 1 aliphatic rings. The molecule has 1 aromatic carbocycles. The van der Waals surface area contributed by atoms with Crippen molar-refractivity contribution in [2.24, 2.45) is 5.92 Å². The normalized spacial score (nSPS) is 16.2. The minimum atomic E-state index is -3.91. The molecule has 1 amide bonds. The molecule has 1 aromatic heterocycles. The highest BCUT2D eigenvalue weighted by molar-refractivity contribution is 7.89. The summed E-state index contributed by atoms with van der Waals surface area (Å²) in [4.78, 5) is 12.0. The van der Waals surface area contributed by atoms with E-state index in [0.717, 1.165) is 18.6 Å². The summed E-state index contributed by atoms with van der Waals surface area (Å²) in [7, 11) is -3.91. The molecule has 1 aliphatic heterocycles. The minimum absolute atomic E-state index is 0.0923. The molecule has 10 heteroatoms. The zero-order valence-electron chi connectivity index (χ0n) is 15.2. The quantitative estimate of drug-likeness (QED) is 0.703. The Kier molecular flexibility index (Phi) is 6.40. The molecule has 28 heavy (non-hydrogen) atoms. The van der Waals surface area contributed by atoms with Gasteiger partial charge in [0.05, 0.1) is 4.90 Å². The molecule has 0 spiro atoms. The molecule has 2 heterocycles. The molecule has 1 saturated heterocycles. The van der Waals surface area contributed by atoms with Crippen molar-refractivity contribution in [3.8, 4) is 0 Å². The average molecular weight is 412 g/mol. The summed E-state index contributed by atoms with van der Waals surface area (Å²) in [5.74, 6) is -2.65. The van der Waals surface area contributed by atoms with Crippen molar-refractivity contribution in [3.05, 3.63) is 48.3 Å². The number of nitrogens with zero attached hydrogens (tertiary/aromatic N) is 3. The monoisotopic (exact) mass is 412 g/mol. The van der Waals surface area contributed by atoms with Crippen LogP contribution in [0.5, 0.6) is 0 Å². The van der Waals surface area contributed by atoms with Crippen LogP contribution in [0.25, 0.3) is 0 Å². The first-order valence-electron chi connectivity index (χ1n) is 9.08. The number of carbonyl (C=O) groups excluding carboxylic acids is 1. The molecule has 1 fully saturated rings. The molecule has 7 nitrogen and oxygen atoms in total. The van der Waals surface area contributed by atoms with Gasteiger partial charge in [0, 0.05) is 44.5 Å². The summed E-state index contributed by atoms with van der Waals surface area (Å²) in [5, 5.41) is 6.96. The number of hydrogen-bond acceptors (Lipinski definition) is 4. The number of hydrogen-bond donors (Lipinski definition) is 1. The third-order valence-corrected chi connectivity index (χ3v) is 6.67. The van der Waals surface area contributed by atoms with Crippen molar-refractivity contribution in [1.82, 2.24) is 19.4 Å². The number of nitrogens with one attached hydrogen (secondary N) is 1. The zero-order chi connectivity index (χ0) is 20.1. The number of rotatable bonds is 7. The highest BCUT2D eigenvalue weighted by Crippen LogP contribution is 2.25. The third kappa shape index (κ3) is 4.74. The number of piperidine rings is 1. The highest BCUT2D eigenvalue weighted by atomic mass is 32.2. The van der Waals surface area contributed by atoms with E-state index in [1.807, 2.05) is 12.3 Å². The van der Waals surface area contributed by atoms with E-state index >= 15 is 0 Å². The summed E-state index contributed by atoms with van der Waals surface area (Å²) < 4.78 is 54.6. The van der Waals surface area contributed by atoms with Gasteiger partial charge in [-0.2, -0.15) is 9.40 Å². The van der Waals surface area contributed by atoms with Crippen molar-refractivity contribution < 1.29 is 22.0 Å². The second kappa shape index (κ2) is 8.78. The van der Waals surface area contributed by atoms with E-state index in [9.17, 15) is 22.0 Å². The van der Waals surface area contributed by atoms with Gasteiger partial charge in [0.2, 0.25) is 15.9 Å². The van der Waals surface area contributed by atoms with Crippen molar-refractivity contribution in [3.63, 3.8) is 0 Å². The molecule has 0 atom stereocenters. The average Bonchev–Trinajstić information content (AvgIpc) is 3.20. The number of amides is 1. The number of halogens is 2. The Morgan fingerprint density at radius 3 is 2.61 bits per heavy atom. The van der Waals surface area contributed by atoms with Crippen LogP contribution < -0.4 is 5.32 Å². The van der Waals surface area contributed by atoms with Gasteiger partial charge >= 0.3 is 0 Å². The number of benzene rings is 1. The lowest BCUT2D eigenvalue weighted by Gasteiger charge is -2.30. The Labute approximate surface area is 162 Å². The van der Waals surface area contributed by atoms with Crippen LogP contribution in [-0.2, 0) is 21.4 Å². The van der Waals surface area contributed by atoms with Crippen LogP contribution >= 0.6 is 0 Å². The van der Waals surface area contributed by atoms with Crippen LogP contribution in [0.2, 0.25) is 0 Å². The largest absolute Gasteiger partial charge is 0.356 e. The fourth-order valence-electron chi connectivity index (χ4n) is 3.17. The van der Waals surface area contributed by atoms with Crippen LogP contribution in [0.1, 0.15) is 19.3 Å². The van der Waals surface area contributed by atoms with E-state index in [-0.39, 0.29) is 29.8 Å². The number of sulfonamides is 1. The molecule has 0 aliphatic carbocycles. The van der Waals surface area contributed by atoms with E-state index in [2.05, 4.69) is 10.4 Å². The molecular weight excluding hydrogens is 390 g/mol. The topological polar surface area (TPSA) is 84.3 Å². The van der Waals surface area contributed by atoms with Gasteiger partial charge in [-0.15, -0.1) is 0 Å². The van der Waals surface area contributed by atoms with Gasteiger partial charge in [0.15, 0.2) is 11.6 Å². The highest BCUT2D eigenvalue weighted by Gasteiger charge is 2.32. The van der Waals surface area contributed by atoms with E-state index in [1.54, 1.807) is 10.9 Å². The predicted molar refractivity (Wildman–Crippen MR) is 97.7 cm³/mol. The van der Waals surface area contributed by atoms with Crippen LogP contribution in [0.15, 0.2) is 41.6 Å². The van der Waals surface area contributed by atoms with Crippen LogP contribution in [0.4, 0.5) is 8.78 Å². The lowest BCUT2D eigenvalue weighted by Crippen LogP contribution is -2.43. The maximum absolute atomic E-state index is 13.4. The van der Waals surface area contributed by atoms with E-state index in [0.29, 0.717) is 32.0 Å². The van der Waals surface area contributed by atoms with Crippen molar-refractivity contribution in [2.75, 3.05) is 19.6 Å². The maximum atomic E-state index is 13.4. The fraction of sp³-hybridized carbons (Fsp3) is 0.444. The lowest BCUT2D eigenvalue weighted by atomic mass is 9.97. The van der Waals surface area contributed by atoms with E-state index in [4.69, 9.17) is 0 Å². The molecule has 0 unspecified atom stereocenters. The summed E-state index contributed by atoms with van der Waals surface area (Å²) in [6, 6.07) is 4.36. The standard InChI is InChI=1S/C18H22F2N4O3S/c19-16-4-3-15(13-17(16)20)28(26,27)24-11-5-14(6-12-24)18(25)21-7-1-9-23-10-2-8-22-23/h2-4,8,10,13-14H,1,5-7,9,11-12H2,(H,21,25). The first-order valence-corrected chi connectivity index (χ1v) is 10.5. The van der Waals surface area contributed by atoms with Crippen LogP contribution in [0, 0.1) is 17.6 Å². The Bertz CT molecular complexity index is 911. The summed E-state index contributed by atoms with van der Waals surface area (Å²) in [6.07, 6.45) is 5.06. The van der Waals surface area contributed by atoms with Crippen LogP contribution in [0.3, 0.4) is 0 Å². The molecule has 2 aromatic rings. The summed E-state index contributed by atoms with van der Waals surface area (Å²) in [5.41, 5.74) is 0. The second-order valence-electron chi connectivity index (χ2n) is 6.67. The molecule has 0 saturated carbocycles. The van der Waals surface area contributed by atoms with Gasteiger partial charge in [-0.25, -0.2) is 17.2 Å². The number of aromatic nitrogens is 2. The number of aryl methyl sites for hydroxylation is 1. The Morgan fingerprint density at radius 1 is 1.21 bits per heavy atom. The third-order valence-electron chi connectivity index (χ3n) is 4.78. The van der Waals surface area contributed by atoms with Crippen molar-refractivity contribution >= 4 is 15.9 Å². The van der Waals surface area contributed by atoms with Gasteiger partial charge in [-0.3, -0.25) is 9.48 Å². The smallest absolute Gasteiger partial charge is 0.243 e. The first kappa shape index (κ1) is 20.4. The van der Waals surface area contributed by atoms with Gasteiger partial charge < -0.3 is 5.32 Å². The Balaban J connectivity index is 1.47. The van der Waals surface area contributed by atoms with Gasteiger partial charge in [-0.05, 0) is 43.5 Å². The Hall–Kier alpha value is -2.33. The second-order valence-corrected chi connectivity index (χ2v) is 8.61. The number of carbonyl (C=O) groups is 1. The predicted octanol–water partition coefficient (Wildman–Crippen LogP) is 1.77. The van der Waals surface area contributed by atoms with Crippen LogP contribution in [-0.4, -0.2) is 48.0 Å². The molecule has 0 bridgehead atoms. The summed E-state index contributed by atoms with van der Waals surface area (Å²) in [6.45, 7) is 1.55. The molecule has 3 rings (SSSR count). The molecule has 0 radical (unpaired) electrons. The molecule has 1 N–H and O–H groups in total. The Morgan fingerprint density at radius 2 is 1.96 bits per heavy atom. The first-order chi connectivity index (χ1) is 13.4. The van der Waals surface area contributed by atoms with Gasteiger partial charge in [0.25, 0.3) is 0 Å². The van der Waals surface area contributed by atoms with E-state index < -0.39 is 21.7 Å². The minimum Gasteiger partial charge on any atom is -0.356 e. The fourth-order valence-corrected chi connectivity index (χ4v) is 4.66. The SMILES string of the molecule is O=C(NCCCn1cccn1)C1CCN(S(=O)(=O)c2ccc(F)c(F)c2)CC1. The molecular formula is C18H22F2N4O3S. The van der Waals surface area contributed by atoms with Crippen molar-refractivity contribution in [1.29, 1.82) is 0 Å². The zero-order valence-corrected chi connectivity index (χ0v) is 16.0. The van der Waals surface area contributed by atoms with Gasteiger partial charge in [0.1, 0.15) is 0 Å². The molecule has 152 valence electrons. The summed E-state index contributed by atoms with van der Waals surface area (Å²) >= 11 is 0. The van der Waals surface area contributed by atoms with Gasteiger partial charge in [-0.1, -0.05) is 0 Å². The van der Waals surface area contributed by atoms with Crippen molar-refractivity contribution in [2.45, 2.75) is 30.7 Å².